The van der Waals surface area contributed by atoms with E-state index in [1.165, 1.54) is 15.9 Å². The summed E-state index contributed by atoms with van der Waals surface area (Å²) in [5.74, 6) is 0.0231. The zero-order valence-corrected chi connectivity index (χ0v) is 13.7. The number of aromatic nitrogens is 4. The molecule has 0 saturated carbocycles. The normalized spacial score (nSPS) is 11.7. The average Bonchev–Trinajstić information content (AvgIpc) is 3.21. The molecule has 0 radical (unpaired) electrons. The molecular weight excluding hydrogens is 326 g/mol. The van der Waals surface area contributed by atoms with Crippen molar-refractivity contribution in [1.29, 1.82) is 0 Å². The van der Waals surface area contributed by atoms with Gasteiger partial charge in [0.1, 0.15) is 10.7 Å². The molecule has 0 saturated heterocycles. The van der Waals surface area contributed by atoms with Crippen LogP contribution in [0.1, 0.15) is 28.1 Å². The minimum absolute atomic E-state index is 0.159. The number of anilines is 1. The SMILES string of the molecule is C=CC(=CC)c1nc(C(=O)Nc2cn3nc(CO)ccc3n2)cs1. The van der Waals surface area contributed by atoms with Gasteiger partial charge in [0.15, 0.2) is 11.5 Å². The monoisotopic (exact) mass is 341 g/mol. The Morgan fingerprint density at radius 2 is 2.29 bits per heavy atom. The van der Waals surface area contributed by atoms with E-state index < -0.39 is 0 Å². The first-order valence-electron chi connectivity index (χ1n) is 7.16. The zero-order chi connectivity index (χ0) is 17.1. The quantitative estimate of drug-likeness (QED) is 0.696. The predicted octanol–water partition coefficient (Wildman–Crippen LogP) is 2.52. The summed E-state index contributed by atoms with van der Waals surface area (Å²) < 4.78 is 1.50. The summed E-state index contributed by atoms with van der Waals surface area (Å²) in [4.78, 5) is 20.9. The molecule has 0 aliphatic carbocycles. The van der Waals surface area contributed by atoms with Gasteiger partial charge in [-0.1, -0.05) is 18.7 Å². The zero-order valence-electron chi connectivity index (χ0n) is 12.9. The highest BCUT2D eigenvalue weighted by Gasteiger charge is 2.14. The molecule has 0 atom stereocenters. The molecule has 8 heteroatoms. The number of nitrogens with zero attached hydrogens (tertiary/aromatic N) is 4. The number of allylic oxidation sites excluding steroid dienone is 3. The third-order valence-electron chi connectivity index (χ3n) is 3.29. The van der Waals surface area contributed by atoms with Crippen molar-refractivity contribution in [2.24, 2.45) is 0 Å². The van der Waals surface area contributed by atoms with Crippen LogP contribution in [0.4, 0.5) is 5.82 Å². The predicted molar refractivity (Wildman–Crippen MR) is 92.8 cm³/mol. The first-order valence-corrected chi connectivity index (χ1v) is 8.04. The summed E-state index contributed by atoms with van der Waals surface area (Å²) in [7, 11) is 0. The van der Waals surface area contributed by atoms with Crippen molar-refractivity contribution in [2.75, 3.05) is 5.32 Å². The number of nitrogens with one attached hydrogen (secondary N) is 1. The summed E-state index contributed by atoms with van der Waals surface area (Å²) in [6.07, 6.45) is 5.17. The average molecular weight is 341 g/mol. The van der Waals surface area contributed by atoms with E-state index in [1.807, 2.05) is 13.0 Å². The number of hydrogen-bond acceptors (Lipinski definition) is 6. The van der Waals surface area contributed by atoms with Gasteiger partial charge >= 0.3 is 0 Å². The van der Waals surface area contributed by atoms with Crippen LogP contribution in [0.15, 0.2) is 42.4 Å². The molecule has 0 aliphatic rings. The molecule has 0 aromatic carbocycles. The van der Waals surface area contributed by atoms with E-state index in [-0.39, 0.29) is 12.5 Å². The molecule has 0 unspecified atom stereocenters. The van der Waals surface area contributed by atoms with Crippen LogP contribution in [0.5, 0.6) is 0 Å². The maximum Gasteiger partial charge on any atom is 0.276 e. The largest absolute Gasteiger partial charge is 0.390 e. The van der Waals surface area contributed by atoms with Crippen molar-refractivity contribution in [3.8, 4) is 0 Å². The minimum Gasteiger partial charge on any atom is -0.390 e. The summed E-state index contributed by atoms with van der Waals surface area (Å²) in [6, 6.07) is 3.39. The molecule has 7 nitrogen and oxygen atoms in total. The standard InChI is InChI=1S/C16H15N5O2S/c1-3-10(4-2)16-17-12(9-24-16)15(23)19-13-7-21-14(18-13)6-5-11(8-22)20-21/h3-7,9,22H,1,8H2,2H3,(H,19,23). The maximum atomic E-state index is 12.3. The third kappa shape index (κ3) is 3.10. The van der Waals surface area contributed by atoms with Gasteiger partial charge in [-0.3, -0.25) is 4.79 Å². The van der Waals surface area contributed by atoms with Gasteiger partial charge < -0.3 is 10.4 Å². The lowest BCUT2D eigenvalue weighted by atomic mass is 10.2. The molecule has 0 bridgehead atoms. The van der Waals surface area contributed by atoms with Crippen LogP contribution in [-0.4, -0.2) is 30.6 Å². The highest BCUT2D eigenvalue weighted by molar-refractivity contribution is 7.11. The smallest absolute Gasteiger partial charge is 0.276 e. The molecular formula is C16H15N5O2S. The second-order valence-electron chi connectivity index (χ2n) is 4.85. The van der Waals surface area contributed by atoms with Crippen LogP contribution in [-0.2, 0) is 6.61 Å². The van der Waals surface area contributed by atoms with Crippen molar-refractivity contribution in [1.82, 2.24) is 19.6 Å². The highest BCUT2D eigenvalue weighted by Crippen LogP contribution is 2.21. The number of carbonyl (C=O) groups is 1. The van der Waals surface area contributed by atoms with Crippen LogP contribution >= 0.6 is 11.3 Å². The van der Waals surface area contributed by atoms with Gasteiger partial charge in [-0.2, -0.15) is 5.10 Å². The molecule has 1 amide bonds. The van der Waals surface area contributed by atoms with Crippen LogP contribution < -0.4 is 5.32 Å². The van der Waals surface area contributed by atoms with Gasteiger partial charge in [-0.15, -0.1) is 11.3 Å². The van der Waals surface area contributed by atoms with Crippen molar-refractivity contribution in [2.45, 2.75) is 13.5 Å². The fraction of sp³-hybridized carbons (Fsp3) is 0.125. The number of rotatable bonds is 5. The van der Waals surface area contributed by atoms with Gasteiger partial charge in [-0.05, 0) is 19.1 Å². The van der Waals surface area contributed by atoms with Crippen molar-refractivity contribution < 1.29 is 9.90 Å². The van der Waals surface area contributed by atoms with Crippen molar-refractivity contribution >= 4 is 34.3 Å². The number of aliphatic hydroxyl groups is 1. The molecule has 0 fully saturated rings. The van der Waals surface area contributed by atoms with E-state index in [1.54, 1.807) is 29.8 Å². The van der Waals surface area contributed by atoms with E-state index in [4.69, 9.17) is 5.11 Å². The van der Waals surface area contributed by atoms with Crippen molar-refractivity contribution in [3.63, 3.8) is 0 Å². The first kappa shape index (κ1) is 16.0. The van der Waals surface area contributed by atoms with E-state index >= 15 is 0 Å². The molecule has 3 aromatic rings. The molecule has 122 valence electrons. The Hall–Kier alpha value is -2.84. The summed E-state index contributed by atoms with van der Waals surface area (Å²) >= 11 is 1.38. The van der Waals surface area contributed by atoms with Gasteiger partial charge in [0.25, 0.3) is 5.91 Å². The third-order valence-corrected chi connectivity index (χ3v) is 4.18. The first-order chi connectivity index (χ1) is 11.6. The second kappa shape index (κ2) is 6.73. The Bertz CT molecular complexity index is 941. The summed E-state index contributed by atoms with van der Waals surface area (Å²) in [5.41, 5.74) is 2.29. The highest BCUT2D eigenvalue weighted by atomic mass is 32.1. The Balaban J connectivity index is 1.81. The number of carbonyl (C=O) groups excluding carboxylic acids is 1. The molecule has 0 aliphatic heterocycles. The Kier molecular flexibility index (Phi) is 4.50. The lowest BCUT2D eigenvalue weighted by Gasteiger charge is -1.97. The second-order valence-corrected chi connectivity index (χ2v) is 5.71. The van der Waals surface area contributed by atoms with Gasteiger partial charge in [0.05, 0.1) is 18.5 Å². The Morgan fingerprint density at radius 3 is 3.00 bits per heavy atom. The minimum atomic E-state index is -0.345. The van der Waals surface area contributed by atoms with Gasteiger partial charge in [0.2, 0.25) is 0 Å². The maximum absolute atomic E-state index is 12.3. The van der Waals surface area contributed by atoms with Crippen LogP contribution in [0.2, 0.25) is 0 Å². The molecule has 3 heterocycles. The Labute approximate surface area is 142 Å². The number of hydrogen-bond donors (Lipinski definition) is 2. The molecule has 24 heavy (non-hydrogen) atoms. The number of thiazole rings is 1. The van der Waals surface area contributed by atoms with Gasteiger partial charge in [-0.25, -0.2) is 14.5 Å². The molecule has 0 spiro atoms. The van der Waals surface area contributed by atoms with E-state index in [0.29, 0.717) is 22.9 Å². The van der Waals surface area contributed by atoms with Gasteiger partial charge in [0, 0.05) is 11.0 Å². The van der Waals surface area contributed by atoms with Crippen LogP contribution in [0.3, 0.4) is 0 Å². The van der Waals surface area contributed by atoms with E-state index in [0.717, 1.165) is 10.6 Å². The number of imidazole rings is 1. The summed E-state index contributed by atoms with van der Waals surface area (Å²) in [6.45, 7) is 5.46. The van der Waals surface area contributed by atoms with E-state index in [2.05, 4.69) is 27.0 Å². The molecule has 2 N–H and O–H groups in total. The van der Waals surface area contributed by atoms with E-state index in [9.17, 15) is 4.79 Å². The molecule has 3 aromatic heterocycles. The lowest BCUT2D eigenvalue weighted by molar-refractivity contribution is 0.102. The Morgan fingerprint density at radius 1 is 1.46 bits per heavy atom. The van der Waals surface area contributed by atoms with Crippen molar-refractivity contribution in [3.05, 3.63) is 58.8 Å². The number of amides is 1. The number of aliphatic hydroxyl groups excluding tert-OH is 1. The topological polar surface area (TPSA) is 92.4 Å². The van der Waals surface area contributed by atoms with Crippen LogP contribution in [0.25, 0.3) is 11.2 Å². The fourth-order valence-corrected chi connectivity index (χ4v) is 2.96. The fourth-order valence-electron chi connectivity index (χ4n) is 2.09. The molecule has 3 rings (SSSR count). The van der Waals surface area contributed by atoms with Crippen LogP contribution in [0, 0.1) is 0 Å². The lowest BCUT2D eigenvalue weighted by Crippen LogP contribution is -2.12. The number of fused-ring (bicyclic) bond motifs is 1. The summed E-state index contributed by atoms with van der Waals surface area (Å²) in [5, 5.41) is 18.4.